The Morgan fingerprint density at radius 1 is 1.00 bits per heavy atom. The third-order valence-electron chi connectivity index (χ3n) is 2.95. The first-order valence-corrected chi connectivity index (χ1v) is 8.04. The Morgan fingerprint density at radius 2 is 1.52 bits per heavy atom. The van der Waals surface area contributed by atoms with Gasteiger partial charge >= 0.3 is 0 Å². The highest BCUT2D eigenvalue weighted by Gasteiger charge is 2.11. The molecule has 0 heterocycles. The molecule has 0 aromatic heterocycles. The van der Waals surface area contributed by atoms with E-state index in [1.54, 1.807) is 24.1 Å². The fraction of sp³-hybridized carbons (Fsp3) is 0.188. The molecule has 2 aromatic carbocycles. The molecule has 0 bridgehead atoms. The van der Waals surface area contributed by atoms with Gasteiger partial charge in [-0.1, -0.05) is 31.9 Å². The molecule has 0 aliphatic rings. The van der Waals surface area contributed by atoms with E-state index in [2.05, 4.69) is 31.9 Å². The molecular weight excluding hydrogens is 398 g/mol. The van der Waals surface area contributed by atoms with Gasteiger partial charge in [-0.3, -0.25) is 4.79 Å². The summed E-state index contributed by atoms with van der Waals surface area (Å²) in [6, 6.07) is 15.0. The van der Waals surface area contributed by atoms with Gasteiger partial charge in [0.15, 0.2) is 0 Å². The van der Waals surface area contributed by atoms with Gasteiger partial charge in [0.25, 0.3) is 5.91 Å². The summed E-state index contributed by atoms with van der Waals surface area (Å²) in [5, 5.41) is 0. The van der Waals surface area contributed by atoms with Crippen molar-refractivity contribution in [1.82, 2.24) is 4.90 Å². The lowest BCUT2D eigenvalue weighted by atomic mass is 10.2. The number of nitrogens with zero attached hydrogens (tertiary/aromatic N) is 1. The summed E-state index contributed by atoms with van der Waals surface area (Å²) < 4.78 is 7.58. The highest BCUT2D eigenvalue weighted by molar-refractivity contribution is 9.10. The minimum absolute atomic E-state index is 0.0121. The summed E-state index contributed by atoms with van der Waals surface area (Å²) in [5.41, 5.74) is 0.671. The van der Waals surface area contributed by atoms with Crippen LogP contribution in [0.25, 0.3) is 0 Å². The molecule has 1 amide bonds. The lowest BCUT2D eigenvalue weighted by Crippen LogP contribution is -2.30. The number of rotatable bonds is 5. The number of carbonyl (C=O) groups excluding carboxylic acids is 1. The van der Waals surface area contributed by atoms with Crippen molar-refractivity contribution in [2.24, 2.45) is 0 Å². The minimum Gasteiger partial charge on any atom is -0.492 e. The zero-order valence-electron chi connectivity index (χ0n) is 11.6. The molecule has 0 fully saturated rings. The maximum atomic E-state index is 12.2. The molecule has 5 heteroatoms. The number of ether oxygens (including phenoxy) is 1. The van der Waals surface area contributed by atoms with Crippen LogP contribution in [0.4, 0.5) is 0 Å². The van der Waals surface area contributed by atoms with Gasteiger partial charge in [0.2, 0.25) is 0 Å². The first kappa shape index (κ1) is 16.0. The molecule has 2 aromatic rings. The molecule has 0 radical (unpaired) electrons. The van der Waals surface area contributed by atoms with Gasteiger partial charge in [-0.05, 0) is 48.5 Å². The van der Waals surface area contributed by atoms with Crippen molar-refractivity contribution < 1.29 is 9.53 Å². The zero-order chi connectivity index (χ0) is 15.2. The minimum atomic E-state index is -0.0121. The quantitative estimate of drug-likeness (QED) is 0.729. The van der Waals surface area contributed by atoms with E-state index in [1.165, 1.54) is 0 Å². The Hall–Kier alpha value is -1.33. The van der Waals surface area contributed by atoms with Crippen molar-refractivity contribution in [3.8, 4) is 5.75 Å². The average Bonchev–Trinajstić information content (AvgIpc) is 2.49. The maximum Gasteiger partial charge on any atom is 0.253 e. The lowest BCUT2D eigenvalue weighted by Gasteiger charge is -2.17. The van der Waals surface area contributed by atoms with Crippen LogP contribution >= 0.6 is 31.9 Å². The van der Waals surface area contributed by atoms with Crippen LogP contribution in [-0.2, 0) is 0 Å². The second-order valence-electron chi connectivity index (χ2n) is 4.54. The lowest BCUT2D eigenvalue weighted by molar-refractivity contribution is 0.0774. The summed E-state index contributed by atoms with van der Waals surface area (Å²) in [6.45, 7) is 0.991. The van der Waals surface area contributed by atoms with E-state index in [0.717, 1.165) is 14.7 Å². The van der Waals surface area contributed by atoms with Crippen LogP contribution in [0.15, 0.2) is 57.5 Å². The van der Waals surface area contributed by atoms with Crippen LogP contribution in [0.3, 0.4) is 0 Å². The molecule has 0 saturated heterocycles. The van der Waals surface area contributed by atoms with Crippen LogP contribution < -0.4 is 4.74 Å². The highest BCUT2D eigenvalue weighted by Crippen LogP contribution is 2.16. The van der Waals surface area contributed by atoms with Gasteiger partial charge in [0.1, 0.15) is 12.4 Å². The van der Waals surface area contributed by atoms with Crippen LogP contribution in [0, 0.1) is 0 Å². The fourth-order valence-corrected chi connectivity index (χ4v) is 2.27. The molecule has 2 rings (SSSR count). The van der Waals surface area contributed by atoms with Gasteiger partial charge in [0.05, 0.1) is 6.54 Å². The van der Waals surface area contributed by atoms with Gasteiger partial charge in [-0.15, -0.1) is 0 Å². The second-order valence-corrected chi connectivity index (χ2v) is 6.37. The van der Waals surface area contributed by atoms with Crippen LogP contribution in [0.5, 0.6) is 5.75 Å². The van der Waals surface area contributed by atoms with Crippen molar-refractivity contribution in [1.29, 1.82) is 0 Å². The Morgan fingerprint density at radius 3 is 2.10 bits per heavy atom. The van der Waals surface area contributed by atoms with Gasteiger partial charge < -0.3 is 9.64 Å². The standard InChI is InChI=1S/C16H15Br2NO2/c1-19(16(20)12-2-4-13(17)5-3-12)10-11-21-15-8-6-14(18)7-9-15/h2-9H,10-11H2,1H3. The van der Waals surface area contributed by atoms with Gasteiger partial charge in [-0.2, -0.15) is 0 Å². The molecule has 0 N–H and O–H groups in total. The largest absolute Gasteiger partial charge is 0.492 e. The number of amides is 1. The van der Waals surface area contributed by atoms with E-state index in [4.69, 9.17) is 4.74 Å². The van der Waals surface area contributed by atoms with Crippen molar-refractivity contribution in [3.05, 3.63) is 63.0 Å². The molecule has 0 atom stereocenters. The predicted octanol–water partition coefficient (Wildman–Crippen LogP) is 4.36. The summed E-state index contributed by atoms with van der Waals surface area (Å²) in [4.78, 5) is 13.8. The average molecular weight is 413 g/mol. The van der Waals surface area contributed by atoms with Crippen molar-refractivity contribution in [2.45, 2.75) is 0 Å². The van der Waals surface area contributed by atoms with Crippen LogP contribution in [0.2, 0.25) is 0 Å². The van der Waals surface area contributed by atoms with Crippen molar-refractivity contribution in [2.75, 3.05) is 20.2 Å². The molecular formula is C16H15Br2NO2. The van der Waals surface area contributed by atoms with Crippen LogP contribution in [0.1, 0.15) is 10.4 Å². The van der Waals surface area contributed by atoms with Crippen LogP contribution in [-0.4, -0.2) is 31.0 Å². The smallest absolute Gasteiger partial charge is 0.253 e. The summed E-state index contributed by atoms with van der Waals surface area (Å²) in [6.07, 6.45) is 0. The third-order valence-corrected chi connectivity index (χ3v) is 4.00. The topological polar surface area (TPSA) is 29.5 Å². The number of hydrogen-bond acceptors (Lipinski definition) is 2. The van der Waals surface area contributed by atoms with Gasteiger partial charge in [-0.25, -0.2) is 0 Å². The second kappa shape index (κ2) is 7.61. The number of halogens is 2. The SMILES string of the molecule is CN(CCOc1ccc(Br)cc1)C(=O)c1ccc(Br)cc1. The van der Waals surface area contributed by atoms with Crippen molar-refractivity contribution >= 4 is 37.8 Å². The first-order chi connectivity index (χ1) is 10.1. The normalized spacial score (nSPS) is 10.2. The van der Waals surface area contributed by atoms with E-state index in [1.807, 2.05) is 36.4 Å². The Kier molecular flexibility index (Phi) is 5.82. The maximum absolute atomic E-state index is 12.2. The summed E-state index contributed by atoms with van der Waals surface area (Å²) in [5.74, 6) is 0.782. The molecule has 0 unspecified atom stereocenters. The number of hydrogen-bond donors (Lipinski definition) is 0. The Labute approximate surface area is 141 Å². The zero-order valence-corrected chi connectivity index (χ0v) is 14.7. The third kappa shape index (κ3) is 4.86. The summed E-state index contributed by atoms with van der Waals surface area (Å²) >= 11 is 6.73. The molecule has 0 saturated carbocycles. The first-order valence-electron chi connectivity index (χ1n) is 6.45. The molecule has 110 valence electrons. The van der Waals surface area contributed by atoms with E-state index < -0.39 is 0 Å². The van der Waals surface area contributed by atoms with E-state index in [0.29, 0.717) is 18.7 Å². The highest BCUT2D eigenvalue weighted by atomic mass is 79.9. The number of likely N-dealkylation sites (N-methyl/N-ethyl adjacent to an activating group) is 1. The van der Waals surface area contributed by atoms with E-state index in [9.17, 15) is 4.79 Å². The Bertz CT molecular complexity index is 597. The molecule has 0 aliphatic heterocycles. The van der Waals surface area contributed by atoms with E-state index >= 15 is 0 Å². The molecule has 0 aliphatic carbocycles. The fourth-order valence-electron chi connectivity index (χ4n) is 1.75. The van der Waals surface area contributed by atoms with Gasteiger partial charge in [0, 0.05) is 21.6 Å². The van der Waals surface area contributed by atoms with E-state index in [-0.39, 0.29) is 5.91 Å². The summed E-state index contributed by atoms with van der Waals surface area (Å²) in [7, 11) is 1.77. The molecule has 0 spiro atoms. The number of benzene rings is 2. The molecule has 21 heavy (non-hydrogen) atoms. The number of carbonyl (C=O) groups is 1. The predicted molar refractivity (Wildman–Crippen MR) is 90.7 cm³/mol. The monoisotopic (exact) mass is 411 g/mol. The van der Waals surface area contributed by atoms with Crippen molar-refractivity contribution in [3.63, 3.8) is 0 Å². The molecule has 3 nitrogen and oxygen atoms in total. The Balaban J connectivity index is 1.83.